The average Bonchev–Trinajstić information content (AvgIpc) is 2.78. The number of benzene rings is 4. The van der Waals surface area contributed by atoms with Crippen molar-refractivity contribution in [1.29, 1.82) is 0 Å². The molecule has 0 aliphatic rings. The van der Waals surface area contributed by atoms with Gasteiger partial charge in [0.15, 0.2) is 0 Å². The molecule has 4 aromatic carbocycles. The van der Waals surface area contributed by atoms with Crippen molar-refractivity contribution in [1.82, 2.24) is 0 Å². The first kappa shape index (κ1) is 21.4. The Labute approximate surface area is 187 Å². The molecule has 0 saturated carbocycles. The van der Waals surface area contributed by atoms with Crippen LogP contribution in [0.4, 0.5) is 11.4 Å². The van der Waals surface area contributed by atoms with Crippen molar-refractivity contribution in [3.05, 3.63) is 97.1 Å². The molecular formula is C25H22N2O4S. The van der Waals surface area contributed by atoms with Gasteiger partial charge in [0.1, 0.15) is 18.0 Å². The number of rotatable bonds is 7. The summed E-state index contributed by atoms with van der Waals surface area (Å²) in [5.41, 5.74) is 0.982. The molecule has 32 heavy (non-hydrogen) atoms. The van der Waals surface area contributed by atoms with Crippen molar-refractivity contribution in [2.75, 3.05) is 22.4 Å². The average molecular weight is 447 g/mol. The van der Waals surface area contributed by atoms with Crippen LogP contribution in [0.2, 0.25) is 0 Å². The number of fused-ring (bicyclic) bond motifs is 1. The molecule has 0 radical (unpaired) electrons. The number of hydrogen-bond acceptors (Lipinski definition) is 4. The number of ether oxygens (including phenoxy) is 1. The summed E-state index contributed by atoms with van der Waals surface area (Å²) in [5.74, 6) is 0.805. The first-order valence-electron chi connectivity index (χ1n) is 9.98. The van der Waals surface area contributed by atoms with Gasteiger partial charge in [-0.2, -0.15) is 0 Å². The van der Waals surface area contributed by atoms with Crippen molar-refractivity contribution < 1.29 is 17.9 Å². The highest BCUT2D eigenvalue weighted by molar-refractivity contribution is 7.92. The molecule has 0 bridgehead atoms. The van der Waals surface area contributed by atoms with E-state index in [9.17, 15) is 13.2 Å². The molecule has 0 unspecified atom stereocenters. The number of nitrogens with zero attached hydrogens (tertiary/aromatic N) is 1. The van der Waals surface area contributed by atoms with Crippen LogP contribution < -0.4 is 14.4 Å². The highest BCUT2D eigenvalue weighted by atomic mass is 32.2. The van der Waals surface area contributed by atoms with Gasteiger partial charge >= 0.3 is 0 Å². The van der Waals surface area contributed by atoms with Gasteiger partial charge in [-0.1, -0.05) is 48.5 Å². The Morgan fingerprint density at radius 1 is 0.812 bits per heavy atom. The van der Waals surface area contributed by atoms with E-state index in [1.54, 1.807) is 30.3 Å². The van der Waals surface area contributed by atoms with Crippen LogP contribution >= 0.6 is 0 Å². The summed E-state index contributed by atoms with van der Waals surface area (Å²) >= 11 is 0. The summed E-state index contributed by atoms with van der Waals surface area (Å²) in [5, 5.41) is 4.82. The van der Waals surface area contributed by atoms with Gasteiger partial charge in [0.05, 0.1) is 11.9 Å². The smallest absolute Gasteiger partial charge is 0.245 e. The normalized spacial score (nSPS) is 11.2. The van der Waals surface area contributed by atoms with E-state index in [0.717, 1.165) is 21.3 Å². The molecule has 0 fully saturated rings. The Bertz CT molecular complexity index is 1340. The SMILES string of the molecule is CS(=O)(=O)N(CC(=O)Nc1ccc2ccccc2c1)c1ccc(Oc2ccccc2)cc1. The maximum atomic E-state index is 12.6. The zero-order valence-electron chi connectivity index (χ0n) is 17.4. The molecule has 4 rings (SSSR count). The van der Waals surface area contributed by atoms with Crippen LogP contribution in [0.3, 0.4) is 0 Å². The maximum Gasteiger partial charge on any atom is 0.245 e. The summed E-state index contributed by atoms with van der Waals surface area (Å²) < 4.78 is 31.6. The molecule has 4 aromatic rings. The third-order valence-corrected chi connectivity index (χ3v) is 5.96. The topological polar surface area (TPSA) is 75.7 Å². The van der Waals surface area contributed by atoms with E-state index < -0.39 is 15.9 Å². The van der Waals surface area contributed by atoms with Crippen LogP contribution in [0.1, 0.15) is 0 Å². The fraction of sp³-hybridized carbons (Fsp3) is 0.0800. The van der Waals surface area contributed by atoms with Crippen molar-refractivity contribution in [3.63, 3.8) is 0 Å². The fourth-order valence-electron chi connectivity index (χ4n) is 3.30. The summed E-state index contributed by atoms with van der Waals surface area (Å²) in [4.78, 5) is 12.6. The van der Waals surface area contributed by atoms with Gasteiger partial charge < -0.3 is 10.1 Å². The fourth-order valence-corrected chi connectivity index (χ4v) is 4.16. The quantitative estimate of drug-likeness (QED) is 0.432. The highest BCUT2D eigenvalue weighted by Crippen LogP contribution is 2.26. The third-order valence-electron chi connectivity index (χ3n) is 4.82. The largest absolute Gasteiger partial charge is 0.457 e. The van der Waals surface area contributed by atoms with Crippen molar-refractivity contribution >= 4 is 38.1 Å². The first-order chi connectivity index (χ1) is 15.4. The van der Waals surface area contributed by atoms with Gasteiger partial charge in [0.25, 0.3) is 0 Å². The van der Waals surface area contributed by atoms with Crippen LogP contribution in [0, 0.1) is 0 Å². The lowest BCUT2D eigenvalue weighted by Crippen LogP contribution is -2.37. The monoisotopic (exact) mass is 446 g/mol. The Morgan fingerprint density at radius 3 is 2.12 bits per heavy atom. The van der Waals surface area contributed by atoms with Crippen LogP contribution in [-0.2, 0) is 14.8 Å². The minimum absolute atomic E-state index is 0.343. The Balaban J connectivity index is 1.48. The van der Waals surface area contributed by atoms with E-state index >= 15 is 0 Å². The van der Waals surface area contributed by atoms with Crippen molar-refractivity contribution in [2.45, 2.75) is 0 Å². The van der Waals surface area contributed by atoms with E-state index in [0.29, 0.717) is 22.9 Å². The number of para-hydroxylation sites is 1. The molecule has 1 amide bonds. The number of nitrogens with one attached hydrogen (secondary N) is 1. The number of amides is 1. The number of carbonyl (C=O) groups excluding carboxylic acids is 1. The van der Waals surface area contributed by atoms with Crippen LogP contribution in [0.25, 0.3) is 10.8 Å². The third kappa shape index (κ3) is 5.25. The zero-order chi connectivity index (χ0) is 22.6. The molecule has 7 heteroatoms. The molecule has 0 aromatic heterocycles. The molecule has 0 heterocycles. The van der Waals surface area contributed by atoms with Gasteiger partial charge in [0.2, 0.25) is 15.9 Å². The second-order valence-corrected chi connectivity index (χ2v) is 9.20. The van der Waals surface area contributed by atoms with Gasteiger partial charge in [0, 0.05) is 5.69 Å². The van der Waals surface area contributed by atoms with E-state index in [4.69, 9.17) is 4.74 Å². The Hall–Kier alpha value is -3.84. The van der Waals surface area contributed by atoms with E-state index in [-0.39, 0.29) is 6.54 Å². The molecule has 0 aliphatic heterocycles. The summed E-state index contributed by atoms with van der Waals surface area (Å²) in [7, 11) is -3.68. The number of anilines is 2. The lowest BCUT2D eigenvalue weighted by atomic mass is 10.1. The van der Waals surface area contributed by atoms with Crippen LogP contribution in [0.15, 0.2) is 97.1 Å². The minimum atomic E-state index is -3.68. The van der Waals surface area contributed by atoms with Crippen LogP contribution in [-0.4, -0.2) is 27.1 Å². The van der Waals surface area contributed by atoms with Gasteiger partial charge in [-0.3, -0.25) is 9.10 Å². The van der Waals surface area contributed by atoms with Crippen molar-refractivity contribution in [3.8, 4) is 11.5 Å². The maximum absolute atomic E-state index is 12.6. The van der Waals surface area contributed by atoms with Crippen molar-refractivity contribution in [2.24, 2.45) is 0 Å². The summed E-state index contributed by atoms with van der Waals surface area (Å²) in [6.07, 6.45) is 1.07. The van der Waals surface area contributed by atoms with Crippen LogP contribution in [0.5, 0.6) is 11.5 Å². The standard InChI is InChI=1S/C25H22N2O4S/c1-32(29,30)27(22-13-15-24(16-14-22)31-23-9-3-2-4-10-23)18-25(28)26-21-12-11-19-7-5-6-8-20(19)17-21/h2-17H,18H2,1H3,(H,26,28). The second-order valence-electron chi connectivity index (χ2n) is 7.29. The minimum Gasteiger partial charge on any atom is -0.457 e. The van der Waals surface area contributed by atoms with Gasteiger partial charge in [-0.05, 0) is 59.3 Å². The molecule has 6 nitrogen and oxygen atoms in total. The number of sulfonamides is 1. The molecule has 0 spiro atoms. The van der Waals surface area contributed by atoms with E-state index in [1.165, 1.54) is 0 Å². The molecular weight excluding hydrogens is 424 g/mol. The lowest BCUT2D eigenvalue weighted by molar-refractivity contribution is -0.114. The molecule has 162 valence electrons. The number of hydrogen-bond donors (Lipinski definition) is 1. The Kier molecular flexibility index (Phi) is 6.09. The first-order valence-corrected chi connectivity index (χ1v) is 11.8. The second kappa shape index (κ2) is 9.11. The zero-order valence-corrected chi connectivity index (χ0v) is 18.2. The Morgan fingerprint density at radius 2 is 1.44 bits per heavy atom. The number of carbonyl (C=O) groups is 1. The molecule has 0 atom stereocenters. The summed E-state index contributed by atoms with van der Waals surface area (Å²) in [6.45, 7) is -0.343. The highest BCUT2D eigenvalue weighted by Gasteiger charge is 2.21. The molecule has 1 N–H and O–H groups in total. The lowest BCUT2D eigenvalue weighted by Gasteiger charge is -2.22. The van der Waals surface area contributed by atoms with Gasteiger partial charge in [-0.15, -0.1) is 0 Å². The predicted octanol–water partition coefficient (Wildman–Crippen LogP) is 5.04. The molecule has 0 saturated heterocycles. The molecule has 0 aliphatic carbocycles. The summed E-state index contributed by atoms with van der Waals surface area (Å²) in [6, 6.07) is 29.2. The van der Waals surface area contributed by atoms with E-state index in [2.05, 4.69) is 5.32 Å². The van der Waals surface area contributed by atoms with Gasteiger partial charge in [-0.25, -0.2) is 8.42 Å². The van der Waals surface area contributed by atoms with E-state index in [1.807, 2.05) is 66.7 Å². The predicted molar refractivity (Wildman–Crippen MR) is 128 cm³/mol.